The quantitative estimate of drug-likeness (QED) is 0.721. The molecule has 1 aromatic heterocycles. The number of hydrogen-bond acceptors (Lipinski definition) is 7. The lowest BCUT2D eigenvalue weighted by atomic mass is 10.3. The Morgan fingerprint density at radius 1 is 1.35 bits per heavy atom. The molecule has 2 rings (SSSR count). The fourth-order valence-corrected chi connectivity index (χ4v) is 1.62. The average molecular weight is 277 g/mol. The van der Waals surface area contributed by atoms with E-state index in [9.17, 15) is 4.79 Å². The lowest BCUT2D eigenvalue weighted by Crippen LogP contribution is -2.30. The third-order valence-corrected chi connectivity index (χ3v) is 3.15. The molecule has 9 heteroatoms. The molecule has 0 bridgehead atoms. The summed E-state index contributed by atoms with van der Waals surface area (Å²) in [6.07, 6.45) is 2.13. The van der Waals surface area contributed by atoms with Crippen LogP contribution in [0.4, 0.5) is 0 Å². The maximum absolute atomic E-state index is 10.3. The number of hydrogen-bond donors (Lipinski definition) is 1. The number of likely N-dealkylation sites (N-methyl/N-ethyl adjacent to an activating group) is 2. The van der Waals surface area contributed by atoms with Crippen LogP contribution in [0.5, 0.6) is 0 Å². The van der Waals surface area contributed by atoms with Gasteiger partial charge in [0.1, 0.15) is 6.07 Å². The highest BCUT2D eigenvalue weighted by atomic mass is 16.4. The summed E-state index contributed by atoms with van der Waals surface area (Å²) >= 11 is 0. The summed E-state index contributed by atoms with van der Waals surface area (Å²) in [6.45, 7) is 4.67. The van der Waals surface area contributed by atoms with Crippen molar-refractivity contribution in [2.75, 3.05) is 27.2 Å². The molecular weight excluding hydrogens is 262 g/mol. The van der Waals surface area contributed by atoms with Gasteiger partial charge >= 0.3 is 5.97 Å². The van der Waals surface area contributed by atoms with E-state index in [4.69, 9.17) is 15.6 Å². The molecule has 9 nitrogen and oxygen atoms in total. The van der Waals surface area contributed by atoms with E-state index >= 15 is 0 Å². The van der Waals surface area contributed by atoms with Crippen LogP contribution in [0.25, 0.3) is 0 Å². The van der Waals surface area contributed by atoms with E-state index in [-0.39, 0.29) is 5.69 Å². The molecule has 2 heterocycles. The monoisotopic (exact) mass is 277 g/mol. The van der Waals surface area contributed by atoms with Crippen LogP contribution in [0.2, 0.25) is 0 Å². The molecule has 1 saturated heterocycles. The zero-order valence-electron chi connectivity index (χ0n) is 11.5. The second-order valence-electron chi connectivity index (χ2n) is 4.31. The number of nitrogens with zero attached hydrogens (tertiary/aromatic N) is 7. The van der Waals surface area contributed by atoms with Crippen molar-refractivity contribution in [3.8, 4) is 12.3 Å². The van der Waals surface area contributed by atoms with Gasteiger partial charge in [0.15, 0.2) is 5.69 Å². The van der Waals surface area contributed by atoms with Gasteiger partial charge in [0, 0.05) is 13.1 Å². The molecular formula is C11H15N7O2. The van der Waals surface area contributed by atoms with Gasteiger partial charge in [0.2, 0.25) is 11.9 Å². The number of carbonyl (C=O) groups is 1. The maximum atomic E-state index is 10.3. The summed E-state index contributed by atoms with van der Waals surface area (Å²) in [6, 6.07) is 1.51. The van der Waals surface area contributed by atoms with E-state index in [0.717, 1.165) is 0 Å². The van der Waals surface area contributed by atoms with Gasteiger partial charge < -0.3 is 5.11 Å². The summed E-state index contributed by atoms with van der Waals surface area (Å²) in [5, 5.41) is 31.4. The zero-order chi connectivity index (χ0) is 15.3. The molecule has 0 radical (unpaired) electrons. The van der Waals surface area contributed by atoms with Crippen molar-refractivity contribution in [1.29, 1.82) is 10.5 Å². The van der Waals surface area contributed by atoms with E-state index in [2.05, 4.69) is 41.1 Å². The van der Waals surface area contributed by atoms with Gasteiger partial charge in [0.25, 0.3) is 0 Å². The molecule has 1 aliphatic rings. The van der Waals surface area contributed by atoms with Crippen molar-refractivity contribution < 1.29 is 9.90 Å². The summed E-state index contributed by atoms with van der Waals surface area (Å²) < 4.78 is 0.545. The Labute approximate surface area is 116 Å². The highest BCUT2D eigenvalue weighted by molar-refractivity contribution is 5.87. The Hall–Kier alpha value is -2.49. The van der Waals surface area contributed by atoms with Crippen LogP contribution in [0, 0.1) is 22.8 Å². The van der Waals surface area contributed by atoms with E-state index in [1.54, 1.807) is 0 Å². The molecule has 0 unspecified atom stereocenters. The molecule has 1 fully saturated rings. The second kappa shape index (κ2) is 6.61. The molecule has 0 amide bonds. The van der Waals surface area contributed by atoms with Gasteiger partial charge in [0.05, 0.1) is 6.17 Å². The first kappa shape index (κ1) is 15.6. The lowest BCUT2D eigenvalue weighted by Gasteiger charge is -2.19. The fraction of sp³-hybridized carbons (Fsp3) is 0.545. The van der Waals surface area contributed by atoms with Crippen LogP contribution >= 0.6 is 0 Å². The first-order valence-corrected chi connectivity index (χ1v) is 5.82. The van der Waals surface area contributed by atoms with Crippen molar-refractivity contribution in [3.05, 3.63) is 11.4 Å². The van der Waals surface area contributed by atoms with E-state index in [0.29, 0.717) is 10.8 Å². The maximum Gasteiger partial charge on any atom is 0.359 e. The highest BCUT2D eigenvalue weighted by Gasteiger charge is 2.20. The average Bonchev–Trinajstić information content (AvgIpc) is 2.98. The molecule has 106 valence electrons. The number of carboxylic acid groups (broad SMARTS) is 1. The van der Waals surface area contributed by atoms with Crippen LogP contribution < -0.4 is 0 Å². The number of aromatic nitrogens is 3. The predicted molar refractivity (Wildman–Crippen MR) is 67.4 cm³/mol. The van der Waals surface area contributed by atoms with Crippen molar-refractivity contribution in [3.63, 3.8) is 0 Å². The van der Waals surface area contributed by atoms with Gasteiger partial charge in [-0.25, -0.2) is 4.79 Å². The van der Waals surface area contributed by atoms with Gasteiger partial charge in [-0.05, 0) is 21.0 Å². The van der Waals surface area contributed by atoms with Crippen molar-refractivity contribution in [1.82, 2.24) is 24.8 Å². The number of rotatable bonds is 1. The first-order valence-electron chi connectivity index (χ1n) is 5.82. The molecule has 0 spiro atoms. The molecule has 1 aliphatic heterocycles. The van der Waals surface area contributed by atoms with E-state index < -0.39 is 11.7 Å². The molecule has 0 atom stereocenters. The van der Waals surface area contributed by atoms with E-state index in [1.807, 2.05) is 0 Å². The molecule has 20 heavy (non-hydrogen) atoms. The Morgan fingerprint density at radius 3 is 2.20 bits per heavy atom. The largest absolute Gasteiger partial charge is 0.476 e. The summed E-state index contributed by atoms with van der Waals surface area (Å²) in [4.78, 5) is 15.0. The first-order chi connectivity index (χ1) is 9.42. The number of aromatic carboxylic acids is 1. The molecule has 1 aromatic rings. The Morgan fingerprint density at radius 2 is 1.90 bits per heavy atom. The summed E-state index contributed by atoms with van der Waals surface area (Å²) in [5.74, 6) is -1.38. The molecule has 0 aromatic carbocycles. The molecule has 1 N–H and O–H groups in total. The minimum Gasteiger partial charge on any atom is -0.476 e. The van der Waals surface area contributed by atoms with Crippen LogP contribution in [0.15, 0.2) is 0 Å². The number of nitriles is 2. The molecule has 0 aliphatic carbocycles. The smallest absolute Gasteiger partial charge is 0.359 e. The topological polar surface area (TPSA) is 122 Å². The summed E-state index contributed by atoms with van der Waals surface area (Å²) in [5.41, 5.74) is -0.885. The zero-order valence-corrected chi connectivity index (χ0v) is 11.5. The fourth-order valence-electron chi connectivity index (χ4n) is 1.62. The highest BCUT2D eigenvalue weighted by Crippen LogP contribution is 2.07. The third kappa shape index (κ3) is 3.29. The normalized spacial score (nSPS) is 16.1. The van der Waals surface area contributed by atoms with E-state index in [1.165, 1.54) is 25.4 Å². The number of carboxylic acids is 1. The minimum absolute atomic E-state index is 0.370. The van der Waals surface area contributed by atoms with Gasteiger partial charge in [-0.15, -0.1) is 9.78 Å². The van der Waals surface area contributed by atoms with Crippen LogP contribution in [0.1, 0.15) is 23.1 Å². The molecule has 0 saturated carbocycles. The summed E-state index contributed by atoms with van der Waals surface area (Å²) in [7, 11) is 4.32. The second-order valence-corrected chi connectivity index (χ2v) is 4.31. The van der Waals surface area contributed by atoms with Crippen molar-refractivity contribution >= 4 is 5.97 Å². The lowest BCUT2D eigenvalue weighted by molar-refractivity contribution is 0.0690. The standard InChI is InChI=1S/C6H14N2.C5HN5O2/c1-6-7(2)4-5-8(6)3;6-1-3-4(5(11)12)8-9-10(3)2-7/h6H,4-5H2,1-3H3;(H,11,12). The van der Waals surface area contributed by atoms with Gasteiger partial charge in [-0.1, -0.05) is 5.21 Å². The minimum atomic E-state index is -1.38. The van der Waals surface area contributed by atoms with Crippen LogP contribution in [0.3, 0.4) is 0 Å². The van der Waals surface area contributed by atoms with Crippen molar-refractivity contribution in [2.24, 2.45) is 0 Å². The third-order valence-electron chi connectivity index (χ3n) is 3.15. The van der Waals surface area contributed by atoms with Crippen molar-refractivity contribution in [2.45, 2.75) is 13.1 Å². The Bertz CT molecular complexity index is 558. The van der Waals surface area contributed by atoms with Gasteiger partial charge in [-0.3, -0.25) is 9.80 Å². The van der Waals surface area contributed by atoms with Crippen LogP contribution in [-0.2, 0) is 0 Å². The van der Waals surface area contributed by atoms with Crippen LogP contribution in [-0.4, -0.2) is 69.2 Å². The Kier molecular flexibility index (Phi) is 5.15. The SMILES string of the molecule is CC1N(C)CCN1C.N#Cc1c(C(=O)O)nnn1C#N. The van der Waals surface area contributed by atoms with Gasteiger partial charge in [-0.2, -0.15) is 10.5 Å². The Balaban J connectivity index is 0.000000217. The predicted octanol–water partition coefficient (Wildman–Crippen LogP) is -0.613.